The first kappa shape index (κ1) is 21.0. The molecule has 1 aromatic carbocycles. The molecule has 4 rings (SSSR count). The van der Waals surface area contributed by atoms with E-state index in [9.17, 15) is 14.4 Å². The van der Waals surface area contributed by atoms with Crippen LogP contribution in [0.3, 0.4) is 0 Å². The van der Waals surface area contributed by atoms with Crippen LogP contribution in [0.25, 0.3) is 11.1 Å². The van der Waals surface area contributed by atoms with Crippen molar-refractivity contribution in [3.63, 3.8) is 0 Å². The van der Waals surface area contributed by atoms with Gasteiger partial charge in [0.2, 0.25) is 0 Å². The zero-order chi connectivity index (χ0) is 22.0. The van der Waals surface area contributed by atoms with Crippen molar-refractivity contribution >= 4 is 45.3 Å². The maximum atomic E-state index is 12.7. The Morgan fingerprint density at radius 3 is 2.84 bits per heavy atom. The Labute approximate surface area is 182 Å². The fourth-order valence-electron chi connectivity index (χ4n) is 3.55. The highest BCUT2D eigenvalue weighted by Gasteiger charge is 2.29. The molecule has 1 unspecified atom stereocenters. The molecule has 162 valence electrons. The lowest BCUT2D eigenvalue weighted by Crippen LogP contribution is -2.30. The molecule has 8 nitrogen and oxygen atoms in total. The highest BCUT2D eigenvalue weighted by Crippen LogP contribution is 2.38. The first-order valence-corrected chi connectivity index (χ1v) is 11.0. The number of rotatable bonds is 6. The van der Waals surface area contributed by atoms with Crippen molar-refractivity contribution in [2.45, 2.75) is 45.6 Å². The topological polar surface area (TPSA) is 108 Å². The van der Waals surface area contributed by atoms with E-state index < -0.39 is 23.9 Å². The first-order chi connectivity index (χ1) is 15.0. The molecule has 1 amide bonds. The number of amides is 1. The molecule has 1 aliphatic rings. The number of thiophene rings is 1. The monoisotopic (exact) mass is 442 g/mol. The normalized spacial score (nSPS) is 14.0. The Kier molecular flexibility index (Phi) is 6.03. The fourth-order valence-corrected chi connectivity index (χ4v) is 4.83. The van der Waals surface area contributed by atoms with Crippen molar-refractivity contribution in [1.82, 2.24) is 4.98 Å². The maximum absolute atomic E-state index is 12.7. The van der Waals surface area contributed by atoms with Crippen LogP contribution >= 0.6 is 11.3 Å². The summed E-state index contributed by atoms with van der Waals surface area (Å²) >= 11 is 1.39. The highest BCUT2D eigenvalue weighted by molar-refractivity contribution is 7.17. The van der Waals surface area contributed by atoms with Gasteiger partial charge in [0.25, 0.3) is 5.91 Å². The second kappa shape index (κ2) is 8.89. The van der Waals surface area contributed by atoms with Crippen LogP contribution in [0.15, 0.2) is 29.0 Å². The Morgan fingerprint density at radius 2 is 2.03 bits per heavy atom. The van der Waals surface area contributed by atoms with E-state index in [2.05, 4.69) is 10.3 Å². The molecule has 3 aromatic rings. The maximum Gasteiger partial charge on any atom is 0.341 e. The molecular weight excluding hydrogens is 420 g/mol. The number of benzene rings is 1. The van der Waals surface area contributed by atoms with E-state index in [0.717, 1.165) is 36.1 Å². The van der Waals surface area contributed by atoms with Crippen LogP contribution in [0.4, 0.5) is 5.00 Å². The Hall–Kier alpha value is -3.20. The van der Waals surface area contributed by atoms with E-state index in [1.54, 1.807) is 19.1 Å². The molecule has 31 heavy (non-hydrogen) atoms. The predicted octanol–water partition coefficient (Wildman–Crippen LogP) is 4.13. The van der Waals surface area contributed by atoms with Gasteiger partial charge >= 0.3 is 11.9 Å². The van der Waals surface area contributed by atoms with Crippen LogP contribution in [-0.4, -0.2) is 35.5 Å². The second-order valence-electron chi connectivity index (χ2n) is 7.21. The summed E-state index contributed by atoms with van der Waals surface area (Å²) in [5.74, 6) is -1.61. The minimum Gasteiger partial charge on any atom is -0.462 e. The zero-order valence-electron chi connectivity index (χ0n) is 17.2. The number of ether oxygens (including phenoxy) is 2. The molecule has 2 aromatic heterocycles. The van der Waals surface area contributed by atoms with Crippen LogP contribution in [0.5, 0.6) is 0 Å². The molecule has 1 N–H and O–H groups in total. The molecule has 9 heteroatoms. The van der Waals surface area contributed by atoms with E-state index in [-0.39, 0.29) is 12.2 Å². The molecule has 0 fully saturated rings. The summed E-state index contributed by atoms with van der Waals surface area (Å²) in [4.78, 5) is 42.8. The third-order valence-electron chi connectivity index (χ3n) is 5.11. The molecule has 0 spiro atoms. The number of aromatic nitrogens is 1. The van der Waals surface area contributed by atoms with Gasteiger partial charge in [-0.15, -0.1) is 11.3 Å². The van der Waals surface area contributed by atoms with Crippen LogP contribution < -0.4 is 5.32 Å². The number of anilines is 1. The van der Waals surface area contributed by atoms with Gasteiger partial charge in [0.1, 0.15) is 10.5 Å². The van der Waals surface area contributed by atoms with Crippen molar-refractivity contribution in [3.8, 4) is 0 Å². The summed E-state index contributed by atoms with van der Waals surface area (Å²) in [7, 11) is 0. The number of nitrogens with zero attached hydrogens (tertiary/aromatic N) is 1. The van der Waals surface area contributed by atoms with E-state index in [0.29, 0.717) is 21.7 Å². The summed E-state index contributed by atoms with van der Waals surface area (Å²) < 4.78 is 15.7. The summed E-state index contributed by atoms with van der Waals surface area (Å²) in [6.45, 7) is 3.48. The summed E-state index contributed by atoms with van der Waals surface area (Å²) in [6, 6.07) is 4.72. The number of aryl methyl sites for hydroxylation is 1. The van der Waals surface area contributed by atoms with Gasteiger partial charge in [0.15, 0.2) is 18.1 Å². The van der Waals surface area contributed by atoms with E-state index >= 15 is 0 Å². The molecule has 0 saturated heterocycles. The number of carbonyl (C=O) groups is 3. The number of esters is 2. The van der Waals surface area contributed by atoms with Crippen molar-refractivity contribution in [2.24, 2.45) is 0 Å². The van der Waals surface area contributed by atoms with Crippen LogP contribution in [-0.2, 0) is 27.1 Å². The first-order valence-electron chi connectivity index (χ1n) is 10.1. The summed E-state index contributed by atoms with van der Waals surface area (Å²) in [5, 5.41) is 3.21. The smallest absolute Gasteiger partial charge is 0.341 e. The number of oxazole rings is 1. The molecular formula is C22H22N2O6S. The largest absolute Gasteiger partial charge is 0.462 e. The van der Waals surface area contributed by atoms with Crippen molar-refractivity contribution in [3.05, 3.63) is 46.2 Å². The number of hydrogen-bond acceptors (Lipinski definition) is 8. The molecule has 0 radical (unpaired) electrons. The molecule has 0 bridgehead atoms. The third-order valence-corrected chi connectivity index (χ3v) is 6.31. The molecule has 0 aliphatic heterocycles. The number of carbonyl (C=O) groups excluding carboxylic acids is 3. The van der Waals surface area contributed by atoms with Gasteiger partial charge in [-0.1, -0.05) is 0 Å². The lowest BCUT2D eigenvalue weighted by Gasteiger charge is -2.14. The van der Waals surface area contributed by atoms with Gasteiger partial charge in [0, 0.05) is 4.88 Å². The Balaban J connectivity index is 1.49. The van der Waals surface area contributed by atoms with E-state index in [1.807, 2.05) is 0 Å². The minimum absolute atomic E-state index is 0.250. The number of hydrogen-bond donors (Lipinski definition) is 1. The predicted molar refractivity (Wildman–Crippen MR) is 114 cm³/mol. The second-order valence-corrected chi connectivity index (χ2v) is 8.31. The van der Waals surface area contributed by atoms with Crippen LogP contribution in [0, 0.1) is 0 Å². The van der Waals surface area contributed by atoms with Gasteiger partial charge in [-0.3, -0.25) is 4.79 Å². The highest BCUT2D eigenvalue weighted by atomic mass is 32.1. The van der Waals surface area contributed by atoms with E-state index in [1.165, 1.54) is 30.7 Å². The Bertz CT molecular complexity index is 1150. The molecule has 2 heterocycles. The van der Waals surface area contributed by atoms with Crippen LogP contribution in [0.1, 0.15) is 57.8 Å². The van der Waals surface area contributed by atoms with Gasteiger partial charge in [0.05, 0.1) is 17.7 Å². The molecule has 1 aliphatic carbocycles. The van der Waals surface area contributed by atoms with Crippen molar-refractivity contribution in [1.29, 1.82) is 0 Å². The molecule has 1 atom stereocenters. The van der Waals surface area contributed by atoms with Crippen molar-refractivity contribution < 1.29 is 28.3 Å². The minimum atomic E-state index is -1.06. The van der Waals surface area contributed by atoms with Gasteiger partial charge in [-0.2, -0.15) is 0 Å². The third kappa shape index (κ3) is 4.32. The molecule has 0 saturated carbocycles. The Morgan fingerprint density at radius 1 is 1.23 bits per heavy atom. The van der Waals surface area contributed by atoms with Gasteiger partial charge in [-0.05, 0) is 63.3 Å². The SMILES string of the molecule is CCOC(=O)c1c(NC(=O)C(C)OC(=O)c2ccc3ncoc3c2)sc2c1CCCC2. The van der Waals surface area contributed by atoms with Crippen LogP contribution in [0.2, 0.25) is 0 Å². The zero-order valence-corrected chi connectivity index (χ0v) is 18.0. The van der Waals surface area contributed by atoms with E-state index in [4.69, 9.17) is 13.9 Å². The number of nitrogens with one attached hydrogen (secondary N) is 1. The lowest BCUT2D eigenvalue weighted by atomic mass is 9.95. The standard InChI is InChI=1S/C22H22N2O6S/c1-3-28-22(27)18-14-6-4-5-7-17(14)31-20(18)24-19(25)12(2)30-21(26)13-8-9-15-16(10-13)29-11-23-15/h8-12H,3-7H2,1-2H3,(H,24,25). The summed E-state index contributed by atoms with van der Waals surface area (Å²) in [6.07, 6.45) is 3.92. The fraction of sp³-hybridized carbons (Fsp3) is 0.364. The lowest BCUT2D eigenvalue weighted by molar-refractivity contribution is -0.123. The van der Waals surface area contributed by atoms with Crippen molar-refractivity contribution in [2.75, 3.05) is 11.9 Å². The average molecular weight is 442 g/mol. The van der Waals surface area contributed by atoms with Gasteiger partial charge in [-0.25, -0.2) is 14.6 Å². The quantitative estimate of drug-likeness (QED) is 0.572. The van der Waals surface area contributed by atoms with Gasteiger partial charge < -0.3 is 19.2 Å². The average Bonchev–Trinajstić information content (AvgIpc) is 3.37. The summed E-state index contributed by atoms with van der Waals surface area (Å²) in [5.41, 5.74) is 2.70. The number of fused-ring (bicyclic) bond motifs is 2.